The van der Waals surface area contributed by atoms with Crippen LogP contribution in [0.4, 0.5) is 10.2 Å². The molecular weight excluding hydrogens is 351 g/mol. The molecule has 0 aliphatic rings. The van der Waals surface area contributed by atoms with Crippen molar-refractivity contribution in [3.8, 4) is 0 Å². The fourth-order valence-corrected chi connectivity index (χ4v) is 3.77. The molecule has 6 heteroatoms. The Morgan fingerprint density at radius 1 is 1.12 bits per heavy atom. The van der Waals surface area contributed by atoms with Crippen molar-refractivity contribution in [2.45, 2.75) is 24.3 Å². The number of aromatic nitrogens is 1. The molecule has 2 aromatic carbocycles. The van der Waals surface area contributed by atoms with E-state index in [1.807, 2.05) is 37.3 Å². The van der Waals surface area contributed by atoms with E-state index in [9.17, 15) is 9.18 Å². The van der Waals surface area contributed by atoms with Crippen LogP contribution in [-0.2, 0) is 4.79 Å². The quantitative estimate of drug-likeness (QED) is 0.640. The van der Waals surface area contributed by atoms with Gasteiger partial charge in [-0.05, 0) is 37.1 Å². The molecule has 2 unspecified atom stereocenters. The van der Waals surface area contributed by atoms with Gasteiger partial charge >= 0.3 is 0 Å². The van der Waals surface area contributed by atoms with Crippen molar-refractivity contribution in [3.63, 3.8) is 0 Å². The van der Waals surface area contributed by atoms with Crippen molar-refractivity contribution in [1.29, 1.82) is 0 Å². The maximum Gasteiger partial charge on any atom is 0.243 e. The van der Waals surface area contributed by atoms with E-state index in [-0.39, 0.29) is 17.0 Å². The van der Waals surface area contributed by atoms with Gasteiger partial charge in [0, 0.05) is 11.3 Å². The lowest BCUT2D eigenvalue weighted by atomic mass is 10.1. The number of amides is 1. The number of aryl methyl sites for hydroxylation is 1. The second kappa shape index (κ2) is 8.19. The van der Waals surface area contributed by atoms with E-state index in [0.717, 1.165) is 11.1 Å². The van der Waals surface area contributed by atoms with Gasteiger partial charge < -0.3 is 9.84 Å². The number of anilines is 1. The molecule has 3 rings (SSSR count). The van der Waals surface area contributed by atoms with Crippen LogP contribution in [0.3, 0.4) is 0 Å². The van der Waals surface area contributed by atoms with Gasteiger partial charge in [-0.1, -0.05) is 47.6 Å². The predicted octanol–water partition coefficient (Wildman–Crippen LogP) is 5.30. The zero-order valence-corrected chi connectivity index (χ0v) is 15.3. The van der Waals surface area contributed by atoms with E-state index >= 15 is 0 Å². The second-order valence-electron chi connectivity index (χ2n) is 5.93. The van der Waals surface area contributed by atoms with Gasteiger partial charge in [0.15, 0.2) is 5.82 Å². The van der Waals surface area contributed by atoms with Gasteiger partial charge in [-0.25, -0.2) is 4.39 Å². The van der Waals surface area contributed by atoms with Crippen molar-refractivity contribution in [3.05, 3.63) is 83.4 Å². The molecule has 0 aliphatic heterocycles. The van der Waals surface area contributed by atoms with Gasteiger partial charge in [-0.15, -0.1) is 11.8 Å². The molecule has 0 spiro atoms. The summed E-state index contributed by atoms with van der Waals surface area (Å²) in [6.45, 7) is 3.77. The van der Waals surface area contributed by atoms with Crippen molar-refractivity contribution >= 4 is 23.5 Å². The van der Waals surface area contributed by atoms with E-state index in [4.69, 9.17) is 4.52 Å². The highest BCUT2D eigenvalue weighted by molar-refractivity contribution is 8.00. The molecule has 0 radical (unpaired) electrons. The van der Waals surface area contributed by atoms with Crippen molar-refractivity contribution in [1.82, 2.24) is 5.16 Å². The largest absolute Gasteiger partial charge is 0.360 e. The molecule has 1 N–H and O–H groups in total. The Bertz CT molecular complexity index is 865. The van der Waals surface area contributed by atoms with Gasteiger partial charge in [0.05, 0.1) is 0 Å². The monoisotopic (exact) mass is 370 g/mol. The number of carbonyl (C=O) groups is 1. The Kier molecular flexibility index (Phi) is 5.73. The van der Waals surface area contributed by atoms with E-state index in [2.05, 4.69) is 10.5 Å². The first-order valence-electron chi connectivity index (χ1n) is 8.23. The van der Waals surface area contributed by atoms with Crippen LogP contribution < -0.4 is 5.32 Å². The molecule has 3 aromatic rings. The molecule has 4 nitrogen and oxygen atoms in total. The molecule has 26 heavy (non-hydrogen) atoms. The predicted molar refractivity (Wildman–Crippen MR) is 101 cm³/mol. The van der Waals surface area contributed by atoms with Crippen molar-refractivity contribution in [2.24, 2.45) is 0 Å². The lowest BCUT2D eigenvalue weighted by molar-refractivity contribution is -0.115. The molecule has 0 saturated carbocycles. The number of hydrogen-bond donors (Lipinski definition) is 1. The highest BCUT2D eigenvalue weighted by Crippen LogP contribution is 2.40. The van der Waals surface area contributed by atoms with Gasteiger partial charge in [-0.2, -0.15) is 0 Å². The number of benzene rings is 2. The molecule has 1 aromatic heterocycles. The summed E-state index contributed by atoms with van der Waals surface area (Å²) < 4.78 is 18.2. The molecular formula is C20H19FN2O2S. The van der Waals surface area contributed by atoms with Crippen LogP contribution in [-0.4, -0.2) is 11.1 Å². The third kappa shape index (κ3) is 4.52. The minimum Gasteiger partial charge on any atom is -0.360 e. The van der Waals surface area contributed by atoms with Crippen LogP contribution in [0.2, 0.25) is 0 Å². The number of carbonyl (C=O) groups excluding carboxylic acids is 1. The third-order valence-corrected chi connectivity index (χ3v) is 5.34. The lowest BCUT2D eigenvalue weighted by Crippen LogP contribution is -2.20. The maximum absolute atomic E-state index is 13.2. The summed E-state index contributed by atoms with van der Waals surface area (Å²) in [7, 11) is 0. The Balaban J connectivity index is 1.81. The Labute approximate surface area is 155 Å². The zero-order valence-electron chi connectivity index (χ0n) is 14.5. The molecule has 1 heterocycles. The maximum atomic E-state index is 13.2. The normalized spacial score (nSPS) is 13.2. The highest BCUT2D eigenvalue weighted by Gasteiger charge is 2.25. The van der Waals surface area contributed by atoms with Gasteiger partial charge in [-0.3, -0.25) is 4.79 Å². The summed E-state index contributed by atoms with van der Waals surface area (Å²) in [5.74, 6) is 0.570. The molecule has 134 valence electrons. The summed E-state index contributed by atoms with van der Waals surface area (Å²) in [6.07, 6.45) is 0. The number of rotatable bonds is 6. The number of nitrogens with zero attached hydrogens (tertiary/aromatic N) is 1. The number of nitrogens with one attached hydrogen (secondary N) is 1. The SMILES string of the molecule is Cc1cc(NC(=O)C(SC(C)c2ccc(F)cc2)c2ccccc2)no1. The van der Waals surface area contributed by atoms with Gasteiger partial charge in [0.25, 0.3) is 0 Å². The van der Waals surface area contributed by atoms with Gasteiger partial charge in [0.1, 0.15) is 16.8 Å². The molecule has 0 fully saturated rings. The van der Waals surface area contributed by atoms with Crippen LogP contribution in [0.25, 0.3) is 0 Å². The smallest absolute Gasteiger partial charge is 0.243 e. The first kappa shape index (κ1) is 18.2. The number of thioether (sulfide) groups is 1. The second-order valence-corrected chi connectivity index (χ2v) is 7.38. The molecule has 0 saturated heterocycles. The first-order valence-corrected chi connectivity index (χ1v) is 9.17. The Morgan fingerprint density at radius 2 is 1.81 bits per heavy atom. The highest BCUT2D eigenvalue weighted by atomic mass is 32.2. The minimum atomic E-state index is -0.437. The van der Waals surface area contributed by atoms with E-state index in [1.54, 1.807) is 25.1 Å². The number of halogens is 1. The third-order valence-electron chi connectivity index (χ3n) is 3.90. The summed E-state index contributed by atoms with van der Waals surface area (Å²) >= 11 is 1.50. The van der Waals surface area contributed by atoms with Crippen LogP contribution in [0.15, 0.2) is 65.2 Å². The average molecular weight is 370 g/mol. The molecule has 2 atom stereocenters. The van der Waals surface area contributed by atoms with Crippen LogP contribution >= 0.6 is 11.8 Å². The minimum absolute atomic E-state index is 0.00519. The van der Waals surface area contributed by atoms with Gasteiger partial charge in [0.2, 0.25) is 5.91 Å². The average Bonchev–Trinajstić information content (AvgIpc) is 3.05. The Morgan fingerprint density at radius 3 is 2.42 bits per heavy atom. The van der Waals surface area contributed by atoms with E-state index < -0.39 is 5.25 Å². The van der Waals surface area contributed by atoms with E-state index in [0.29, 0.717) is 11.6 Å². The molecule has 0 aliphatic carbocycles. The zero-order chi connectivity index (χ0) is 18.5. The summed E-state index contributed by atoms with van der Waals surface area (Å²) in [6, 6.07) is 17.6. The standard InChI is InChI=1S/C20H19FN2O2S/c1-13-12-18(23-25-13)22-20(24)19(16-6-4-3-5-7-16)26-14(2)15-8-10-17(21)11-9-15/h3-12,14,19H,1-2H3,(H,22,23,24). The van der Waals surface area contributed by atoms with Crippen molar-refractivity contribution < 1.29 is 13.7 Å². The molecule has 0 bridgehead atoms. The van der Waals surface area contributed by atoms with E-state index in [1.165, 1.54) is 23.9 Å². The lowest BCUT2D eigenvalue weighted by Gasteiger charge is -2.20. The van der Waals surface area contributed by atoms with Crippen LogP contribution in [0, 0.1) is 12.7 Å². The summed E-state index contributed by atoms with van der Waals surface area (Å²) in [5, 5.41) is 6.19. The topological polar surface area (TPSA) is 55.1 Å². The fraction of sp³-hybridized carbons (Fsp3) is 0.200. The Hall–Kier alpha value is -2.60. The number of hydrogen-bond acceptors (Lipinski definition) is 4. The van der Waals surface area contributed by atoms with Crippen LogP contribution in [0.5, 0.6) is 0 Å². The fourth-order valence-electron chi connectivity index (χ4n) is 2.55. The van der Waals surface area contributed by atoms with Crippen molar-refractivity contribution in [2.75, 3.05) is 5.32 Å². The first-order chi connectivity index (χ1) is 12.5. The molecule has 1 amide bonds. The van der Waals surface area contributed by atoms with Crippen LogP contribution in [0.1, 0.15) is 34.3 Å². The summed E-state index contributed by atoms with van der Waals surface area (Å²) in [4.78, 5) is 12.9. The summed E-state index contributed by atoms with van der Waals surface area (Å²) in [5.41, 5.74) is 1.85.